The van der Waals surface area contributed by atoms with Crippen LogP contribution < -0.4 is 19.6 Å². The van der Waals surface area contributed by atoms with Gasteiger partial charge in [0.15, 0.2) is 22.5 Å². The zero-order valence-corrected chi connectivity index (χ0v) is 21.8. The number of rotatable bonds is 10. The second kappa shape index (κ2) is 12.1. The molecule has 0 fully saturated rings. The molecule has 0 radical (unpaired) electrons. The van der Waals surface area contributed by atoms with Crippen molar-refractivity contribution >= 4 is 23.9 Å². The van der Waals surface area contributed by atoms with E-state index in [4.69, 9.17) is 14.2 Å². The Balaban J connectivity index is 1.59. The lowest BCUT2D eigenvalue weighted by Gasteiger charge is -2.15. The maximum atomic E-state index is 12.5. The highest BCUT2D eigenvalue weighted by Gasteiger charge is 2.21. The molecule has 0 atom stereocenters. The van der Waals surface area contributed by atoms with E-state index in [0.717, 1.165) is 16.8 Å². The molecule has 3 aromatic carbocycles. The van der Waals surface area contributed by atoms with Gasteiger partial charge in [0, 0.05) is 11.3 Å². The first-order valence-corrected chi connectivity index (χ1v) is 12.3. The summed E-state index contributed by atoms with van der Waals surface area (Å²) in [6, 6.07) is 21.1. The van der Waals surface area contributed by atoms with Crippen molar-refractivity contribution in [1.29, 1.82) is 0 Å². The van der Waals surface area contributed by atoms with Crippen molar-refractivity contribution in [2.24, 2.45) is 5.10 Å². The summed E-state index contributed by atoms with van der Waals surface area (Å²) in [5.41, 5.74) is 6.15. The van der Waals surface area contributed by atoms with Gasteiger partial charge in [-0.05, 0) is 36.8 Å². The summed E-state index contributed by atoms with van der Waals surface area (Å²) >= 11 is 1.26. The molecule has 0 saturated heterocycles. The number of hydrogen-bond donors (Lipinski definition) is 1. The molecule has 37 heavy (non-hydrogen) atoms. The number of ether oxygens (including phenoxy) is 3. The average molecular weight is 518 g/mol. The lowest BCUT2D eigenvalue weighted by atomic mass is 10.1. The number of amides is 1. The molecule has 0 spiro atoms. The average Bonchev–Trinajstić information content (AvgIpc) is 3.35. The zero-order chi connectivity index (χ0) is 26.2. The molecule has 190 valence electrons. The van der Waals surface area contributed by atoms with Crippen molar-refractivity contribution in [2.75, 3.05) is 27.1 Å². The molecule has 0 bridgehead atoms. The van der Waals surface area contributed by atoms with Gasteiger partial charge >= 0.3 is 0 Å². The van der Waals surface area contributed by atoms with Gasteiger partial charge in [-0.15, -0.1) is 10.2 Å². The lowest BCUT2D eigenvalue weighted by Crippen LogP contribution is -2.20. The van der Waals surface area contributed by atoms with Gasteiger partial charge in [-0.25, -0.2) is 5.43 Å². The third kappa shape index (κ3) is 6.10. The molecule has 1 aromatic heterocycles. The van der Waals surface area contributed by atoms with E-state index in [2.05, 4.69) is 20.7 Å². The Bertz CT molecular complexity index is 1380. The molecule has 0 aliphatic rings. The minimum Gasteiger partial charge on any atom is -0.493 e. The Labute approximate surface area is 219 Å². The van der Waals surface area contributed by atoms with E-state index >= 15 is 0 Å². The molecule has 9 nitrogen and oxygen atoms in total. The molecule has 0 unspecified atom stereocenters. The zero-order valence-electron chi connectivity index (χ0n) is 21.0. The van der Waals surface area contributed by atoms with Crippen LogP contribution in [0.5, 0.6) is 17.2 Å². The molecule has 0 aliphatic carbocycles. The summed E-state index contributed by atoms with van der Waals surface area (Å²) in [6.07, 6.45) is 1.62. The molecular formula is C27H27N5O4S. The molecular weight excluding hydrogens is 490 g/mol. The van der Waals surface area contributed by atoms with E-state index in [9.17, 15) is 4.79 Å². The van der Waals surface area contributed by atoms with E-state index in [1.54, 1.807) is 27.5 Å². The predicted molar refractivity (Wildman–Crippen MR) is 144 cm³/mol. The van der Waals surface area contributed by atoms with Crippen LogP contribution in [0.25, 0.3) is 17.1 Å². The van der Waals surface area contributed by atoms with Gasteiger partial charge in [-0.2, -0.15) is 5.10 Å². The molecule has 1 N–H and O–H groups in total. The Morgan fingerprint density at radius 2 is 1.70 bits per heavy atom. The maximum absolute atomic E-state index is 12.5. The number of carbonyl (C=O) groups is 1. The van der Waals surface area contributed by atoms with Crippen LogP contribution in [-0.4, -0.2) is 54.0 Å². The van der Waals surface area contributed by atoms with Gasteiger partial charge < -0.3 is 14.2 Å². The Kier molecular flexibility index (Phi) is 8.42. The first-order valence-electron chi connectivity index (χ1n) is 11.4. The number of carbonyl (C=O) groups excluding carboxylic acids is 1. The van der Waals surface area contributed by atoms with Crippen molar-refractivity contribution in [3.05, 3.63) is 77.9 Å². The Morgan fingerprint density at radius 1 is 0.973 bits per heavy atom. The molecule has 10 heteroatoms. The summed E-state index contributed by atoms with van der Waals surface area (Å²) in [5, 5.41) is 13.4. The highest BCUT2D eigenvalue weighted by molar-refractivity contribution is 7.99. The smallest absolute Gasteiger partial charge is 0.250 e. The molecule has 1 amide bonds. The van der Waals surface area contributed by atoms with Crippen molar-refractivity contribution < 1.29 is 19.0 Å². The quantitative estimate of drug-likeness (QED) is 0.188. The highest BCUT2D eigenvalue weighted by atomic mass is 32.2. The summed E-state index contributed by atoms with van der Waals surface area (Å²) in [4.78, 5) is 12.5. The van der Waals surface area contributed by atoms with Gasteiger partial charge in [0.1, 0.15) is 0 Å². The van der Waals surface area contributed by atoms with Crippen LogP contribution >= 0.6 is 11.8 Å². The largest absolute Gasteiger partial charge is 0.493 e. The fourth-order valence-electron chi connectivity index (χ4n) is 3.66. The van der Waals surface area contributed by atoms with E-state index in [0.29, 0.717) is 33.8 Å². The summed E-state index contributed by atoms with van der Waals surface area (Å²) in [7, 11) is 4.67. The Hall–Kier alpha value is -4.31. The topological polar surface area (TPSA) is 99.9 Å². The van der Waals surface area contributed by atoms with E-state index in [1.807, 2.05) is 78.2 Å². The van der Waals surface area contributed by atoms with Crippen LogP contribution in [0.1, 0.15) is 11.1 Å². The van der Waals surface area contributed by atoms with Crippen molar-refractivity contribution in [2.45, 2.75) is 12.1 Å². The number of benzene rings is 3. The standard InChI is InChI=1S/C27H27N5O4S/c1-18-9-8-10-19(13-18)16-28-29-24(33)17-37-27-31-30-26(32(27)21-11-6-5-7-12-21)20-14-22(34-2)25(36-4)23(15-20)35-3/h5-16H,17H2,1-4H3,(H,29,33)/b28-16-. The number of methoxy groups -OCH3 is 3. The first kappa shape index (κ1) is 25.8. The SMILES string of the molecule is COc1cc(-c2nnc(SCC(=O)N/N=C\c3cccc(C)c3)n2-c2ccccc2)cc(OC)c1OC. The minimum absolute atomic E-state index is 0.103. The molecule has 4 aromatic rings. The maximum Gasteiger partial charge on any atom is 0.250 e. The first-order chi connectivity index (χ1) is 18.0. The van der Waals surface area contributed by atoms with Crippen LogP contribution in [0, 0.1) is 6.92 Å². The summed E-state index contributed by atoms with van der Waals surface area (Å²) in [6.45, 7) is 2.00. The van der Waals surface area contributed by atoms with Crippen molar-refractivity contribution in [3.8, 4) is 34.3 Å². The van der Waals surface area contributed by atoms with Crippen molar-refractivity contribution in [3.63, 3.8) is 0 Å². The van der Waals surface area contributed by atoms with Gasteiger partial charge in [-0.1, -0.05) is 59.8 Å². The van der Waals surface area contributed by atoms with Gasteiger partial charge in [-0.3, -0.25) is 9.36 Å². The van der Waals surface area contributed by atoms with Crippen molar-refractivity contribution in [1.82, 2.24) is 20.2 Å². The van der Waals surface area contributed by atoms with Crippen LogP contribution in [0.3, 0.4) is 0 Å². The van der Waals surface area contributed by atoms with Crippen LogP contribution in [0.2, 0.25) is 0 Å². The van der Waals surface area contributed by atoms with Crippen LogP contribution in [0.15, 0.2) is 77.0 Å². The normalized spacial score (nSPS) is 10.9. The van der Waals surface area contributed by atoms with Crippen LogP contribution in [-0.2, 0) is 4.79 Å². The number of thioether (sulfide) groups is 1. The number of aromatic nitrogens is 3. The monoisotopic (exact) mass is 517 g/mol. The number of aryl methyl sites for hydroxylation is 1. The van der Waals surface area contributed by atoms with E-state index in [-0.39, 0.29) is 11.7 Å². The van der Waals surface area contributed by atoms with Gasteiger partial charge in [0.25, 0.3) is 5.91 Å². The van der Waals surface area contributed by atoms with E-state index in [1.165, 1.54) is 11.8 Å². The lowest BCUT2D eigenvalue weighted by molar-refractivity contribution is -0.118. The fraction of sp³-hybridized carbons (Fsp3) is 0.185. The van der Waals surface area contributed by atoms with Gasteiger partial charge in [0.05, 0.1) is 33.3 Å². The van der Waals surface area contributed by atoms with Gasteiger partial charge in [0.2, 0.25) is 5.75 Å². The second-order valence-electron chi connectivity index (χ2n) is 7.89. The van der Waals surface area contributed by atoms with Crippen LogP contribution in [0.4, 0.5) is 0 Å². The third-order valence-electron chi connectivity index (χ3n) is 5.35. The number of nitrogens with zero attached hydrogens (tertiary/aromatic N) is 4. The molecule has 4 rings (SSSR count). The third-order valence-corrected chi connectivity index (χ3v) is 6.28. The summed E-state index contributed by atoms with van der Waals surface area (Å²) in [5.74, 6) is 1.89. The minimum atomic E-state index is -0.258. The second-order valence-corrected chi connectivity index (χ2v) is 8.83. The van der Waals surface area contributed by atoms with E-state index < -0.39 is 0 Å². The molecule has 0 aliphatic heterocycles. The fourth-order valence-corrected chi connectivity index (χ4v) is 4.41. The predicted octanol–water partition coefficient (Wildman–Crippen LogP) is 4.51. The number of hydrazone groups is 1. The number of hydrogen-bond acceptors (Lipinski definition) is 8. The number of para-hydroxylation sites is 1. The number of nitrogens with one attached hydrogen (secondary N) is 1. The molecule has 1 heterocycles. The molecule has 0 saturated carbocycles. The highest BCUT2D eigenvalue weighted by Crippen LogP contribution is 2.41. The Morgan fingerprint density at radius 3 is 2.35 bits per heavy atom. The summed E-state index contributed by atoms with van der Waals surface area (Å²) < 4.78 is 18.4.